The van der Waals surface area contributed by atoms with Crippen LogP contribution in [-0.2, 0) is 20.6 Å². The Hall–Kier alpha value is -1.24. The Morgan fingerprint density at radius 1 is 1.20 bits per heavy atom. The fourth-order valence-corrected chi connectivity index (χ4v) is 2.73. The van der Waals surface area contributed by atoms with Crippen molar-refractivity contribution in [2.45, 2.75) is 71.8 Å². The molecule has 7 heteroatoms. The second-order valence-electron chi connectivity index (χ2n) is 8.26. The van der Waals surface area contributed by atoms with Gasteiger partial charge in [0.1, 0.15) is 5.60 Å². The van der Waals surface area contributed by atoms with E-state index < -0.39 is 30.0 Å². The molecule has 0 unspecified atom stereocenters. The lowest BCUT2D eigenvalue weighted by molar-refractivity contribution is 0.00578. The minimum Gasteiger partial charge on any atom is -0.444 e. The molecule has 1 amide bonds. The quantitative estimate of drug-likeness (QED) is 0.828. The molecule has 1 aliphatic heterocycles. The smallest absolute Gasteiger partial charge is 0.444 e. The van der Waals surface area contributed by atoms with Crippen molar-refractivity contribution in [1.82, 2.24) is 5.32 Å². The van der Waals surface area contributed by atoms with E-state index in [0.717, 1.165) is 11.0 Å². The Kier molecular flexibility index (Phi) is 5.48. The summed E-state index contributed by atoms with van der Waals surface area (Å²) in [6, 6.07) is 5.52. The fourth-order valence-electron chi connectivity index (χ4n) is 2.44. The molecule has 1 aliphatic rings. The molecular formula is C18H27BClNO4. The van der Waals surface area contributed by atoms with Gasteiger partial charge in [0.2, 0.25) is 0 Å². The molecule has 1 fully saturated rings. The molecule has 1 saturated heterocycles. The Bertz CT molecular complexity index is 639. The number of carbonyl (C=O) groups is 1. The Labute approximate surface area is 155 Å². The first-order chi connectivity index (χ1) is 11.3. The van der Waals surface area contributed by atoms with Crippen LogP contribution in [0.4, 0.5) is 4.79 Å². The molecule has 0 saturated carbocycles. The van der Waals surface area contributed by atoms with Crippen LogP contribution < -0.4 is 10.8 Å². The van der Waals surface area contributed by atoms with Gasteiger partial charge in [-0.25, -0.2) is 4.79 Å². The van der Waals surface area contributed by atoms with Gasteiger partial charge in [-0.3, -0.25) is 0 Å². The first kappa shape index (κ1) is 20.1. The number of benzene rings is 1. The van der Waals surface area contributed by atoms with Gasteiger partial charge < -0.3 is 19.4 Å². The molecule has 0 radical (unpaired) electrons. The van der Waals surface area contributed by atoms with Gasteiger partial charge in [-0.15, -0.1) is 0 Å². The van der Waals surface area contributed by atoms with E-state index in [9.17, 15) is 4.79 Å². The molecule has 1 aromatic carbocycles. The SMILES string of the molecule is CC(C)(C)OC(=O)NCc1cccc(Cl)c1B1OC(C)(C)C(C)(C)O1. The van der Waals surface area contributed by atoms with Crippen molar-refractivity contribution in [2.75, 3.05) is 0 Å². The number of hydrogen-bond donors (Lipinski definition) is 1. The van der Waals surface area contributed by atoms with Crippen molar-refractivity contribution in [3.63, 3.8) is 0 Å². The maximum Gasteiger partial charge on any atom is 0.496 e. The summed E-state index contributed by atoms with van der Waals surface area (Å²) in [6.45, 7) is 13.7. The lowest BCUT2D eigenvalue weighted by atomic mass is 9.75. The molecule has 0 atom stereocenters. The summed E-state index contributed by atoms with van der Waals surface area (Å²) >= 11 is 6.41. The average Bonchev–Trinajstić information content (AvgIpc) is 2.62. The summed E-state index contributed by atoms with van der Waals surface area (Å²) in [4.78, 5) is 11.9. The summed E-state index contributed by atoms with van der Waals surface area (Å²) in [7, 11) is -0.589. The summed E-state index contributed by atoms with van der Waals surface area (Å²) in [6.07, 6.45) is -0.479. The van der Waals surface area contributed by atoms with Crippen LogP contribution in [0.1, 0.15) is 54.0 Å². The van der Waals surface area contributed by atoms with E-state index >= 15 is 0 Å². The number of nitrogens with one attached hydrogen (secondary N) is 1. The van der Waals surface area contributed by atoms with Crippen LogP contribution >= 0.6 is 11.6 Å². The maximum atomic E-state index is 11.9. The van der Waals surface area contributed by atoms with Gasteiger partial charge in [-0.2, -0.15) is 0 Å². The van der Waals surface area contributed by atoms with Crippen molar-refractivity contribution >= 4 is 30.3 Å². The molecule has 0 bridgehead atoms. The summed E-state index contributed by atoms with van der Waals surface area (Å²) in [5, 5.41) is 3.30. The zero-order valence-corrected chi connectivity index (χ0v) is 16.8. The number of amides is 1. The molecule has 138 valence electrons. The zero-order valence-electron chi connectivity index (χ0n) is 16.0. The van der Waals surface area contributed by atoms with Crippen LogP contribution in [-0.4, -0.2) is 30.0 Å². The number of ether oxygens (including phenoxy) is 1. The summed E-state index contributed by atoms with van der Waals surface area (Å²) in [5.41, 5.74) is 0.0857. The standard InChI is InChI=1S/C18H27BClNO4/c1-16(2,3)23-15(22)21-11-12-9-8-10-13(20)14(12)19-24-17(4,5)18(6,7)25-19/h8-10H,11H2,1-7H3,(H,21,22). The van der Waals surface area contributed by atoms with E-state index in [-0.39, 0.29) is 6.54 Å². The van der Waals surface area contributed by atoms with Crippen LogP contribution in [0.15, 0.2) is 18.2 Å². The van der Waals surface area contributed by atoms with Crippen molar-refractivity contribution < 1.29 is 18.8 Å². The highest BCUT2D eigenvalue weighted by molar-refractivity contribution is 6.66. The molecule has 25 heavy (non-hydrogen) atoms. The monoisotopic (exact) mass is 367 g/mol. The van der Waals surface area contributed by atoms with Gasteiger partial charge >= 0.3 is 13.2 Å². The molecule has 1 N–H and O–H groups in total. The van der Waals surface area contributed by atoms with Gasteiger partial charge in [0.25, 0.3) is 0 Å². The fraction of sp³-hybridized carbons (Fsp3) is 0.611. The predicted octanol–water partition coefficient (Wildman–Crippen LogP) is 3.66. The van der Waals surface area contributed by atoms with Crippen LogP contribution in [0.25, 0.3) is 0 Å². The highest BCUT2D eigenvalue weighted by Gasteiger charge is 2.52. The molecule has 0 aliphatic carbocycles. The third kappa shape index (κ3) is 4.69. The first-order valence-electron chi connectivity index (χ1n) is 8.42. The minimum absolute atomic E-state index is 0.273. The summed E-state index contributed by atoms with van der Waals surface area (Å²) < 4.78 is 17.5. The predicted molar refractivity (Wildman–Crippen MR) is 100 cm³/mol. The molecule has 0 spiro atoms. The van der Waals surface area contributed by atoms with Crippen LogP contribution in [0.5, 0.6) is 0 Å². The van der Waals surface area contributed by atoms with Gasteiger partial charge in [0.05, 0.1) is 11.2 Å². The zero-order chi connectivity index (χ0) is 19.0. The number of hydrogen-bond acceptors (Lipinski definition) is 4. The number of halogens is 1. The van der Waals surface area contributed by atoms with Crippen molar-refractivity contribution in [1.29, 1.82) is 0 Å². The van der Waals surface area contributed by atoms with E-state index in [1.807, 2.05) is 60.6 Å². The summed E-state index contributed by atoms with van der Waals surface area (Å²) in [5.74, 6) is 0. The number of alkyl carbamates (subject to hydrolysis) is 1. The van der Waals surface area contributed by atoms with E-state index in [4.69, 9.17) is 25.6 Å². The van der Waals surface area contributed by atoms with Gasteiger partial charge in [-0.05, 0) is 60.1 Å². The Morgan fingerprint density at radius 2 is 1.76 bits per heavy atom. The average molecular weight is 368 g/mol. The first-order valence-corrected chi connectivity index (χ1v) is 8.80. The molecule has 1 heterocycles. The molecule has 0 aromatic heterocycles. The van der Waals surface area contributed by atoms with Crippen LogP contribution in [0, 0.1) is 0 Å². The molecule has 2 rings (SSSR count). The highest BCUT2D eigenvalue weighted by Crippen LogP contribution is 2.37. The minimum atomic E-state index is -0.589. The Balaban J connectivity index is 2.19. The molecule has 1 aromatic rings. The topological polar surface area (TPSA) is 56.8 Å². The van der Waals surface area contributed by atoms with Crippen LogP contribution in [0.3, 0.4) is 0 Å². The third-order valence-electron chi connectivity index (χ3n) is 4.45. The van der Waals surface area contributed by atoms with Gasteiger partial charge in [0, 0.05) is 17.0 Å². The maximum absolute atomic E-state index is 11.9. The second-order valence-corrected chi connectivity index (χ2v) is 8.66. The second kappa shape index (κ2) is 6.82. The van der Waals surface area contributed by atoms with E-state index in [1.165, 1.54) is 0 Å². The Morgan fingerprint density at radius 3 is 2.28 bits per heavy atom. The largest absolute Gasteiger partial charge is 0.496 e. The van der Waals surface area contributed by atoms with E-state index in [1.54, 1.807) is 6.07 Å². The van der Waals surface area contributed by atoms with Gasteiger partial charge in [-0.1, -0.05) is 23.7 Å². The number of rotatable bonds is 3. The lowest BCUT2D eigenvalue weighted by Crippen LogP contribution is -2.41. The lowest BCUT2D eigenvalue weighted by Gasteiger charge is -2.32. The van der Waals surface area contributed by atoms with Crippen molar-refractivity contribution in [3.05, 3.63) is 28.8 Å². The van der Waals surface area contributed by atoms with Crippen LogP contribution in [0.2, 0.25) is 5.02 Å². The van der Waals surface area contributed by atoms with Crippen molar-refractivity contribution in [3.8, 4) is 0 Å². The van der Waals surface area contributed by atoms with E-state index in [0.29, 0.717) is 5.02 Å². The normalized spacial score (nSPS) is 19.0. The number of carbonyl (C=O) groups excluding carboxylic acids is 1. The van der Waals surface area contributed by atoms with Gasteiger partial charge in [0.15, 0.2) is 0 Å². The molecular weight excluding hydrogens is 340 g/mol. The highest BCUT2D eigenvalue weighted by atomic mass is 35.5. The van der Waals surface area contributed by atoms with Crippen molar-refractivity contribution in [2.24, 2.45) is 0 Å². The third-order valence-corrected chi connectivity index (χ3v) is 4.78. The molecule has 5 nitrogen and oxygen atoms in total. The van der Waals surface area contributed by atoms with E-state index in [2.05, 4.69) is 5.32 Å².